The van der Waals surface area contributed by atoms with Crippen LogP contribution in [0.2, 0.25) is 0 Å². The number of benzene rings is 1. The molecule has 88 valence electrons. The maximum Gasteiger partial charge on any atom is 0.0733 e. The normalized spacial score (nSPS) is 10.5. The Kier molecular flexibility index (Phi) is 2.76. The van der Waals surface area contributed by atoms with Crippen molar-refractivity contribution in [2.75, 3.05) is 0 Å². The number of nitrogens with zero attached hydrogens (tertiary/aromatic N) is 1. The summed E-state index contributed by atoms with van der Waals surface area (Å²) >= 11 is 0. The summed E-state index contributed by atoms with van der Waals surface area (Å²) in [4.78, 5) is 11.0. The number of aryl methyl sites for hydroxylation is 2. The highest BCUT2D eigenvalue weighted by Crippen LogP contribution is 2.22. The average Bonchev–Trinajstić information content (AvgIpc) is 2.56. The summed E-state index contributed by atoms with van der Waals surface area (Å²) < 4.78 is 1.94. The number of aromatic nitrogens is 1. The number of carbonyl (C=O) groups excluding carboxylic acids is 1. The first-order chi connectivity index (χ1) is 8.02. The van der Waals surface area contributed by atoms with Gasteiger partial charge in [-0.15, -0.1) is 0 Å². The van der Waals surface area contributed by atoms with Gasteiger partial charge in [-0.1, -0.05) is 18.2 Å². The van der Waals surface area contributed by atoms with Crippen molar-refractivity contribution in [3.63, 3.8) is 0 Å². The first kappa shape index (κ1) is 11.5. The molecule has 2 aromatic rings. The van der Waals surface area contributed by atoms with Gasteiger partial charge in [0.05, 0.1) is 5.97 Å². The molecule has 0 aliphatic carbocycles. The molecular weight excluding hydrogens is 214 g/mol. The van der Waals surface area contributed by atoms with E-state index in [0.29, 0.717) is 5.69 Å². The van der Waals surface area contributed by atoms with Gasteiger partial charge in [-0.25, -0.2) is 0 Å². The molecule has 1 heterocycles. The Bertz CT molecular complexity index is 582. The summed E-state index contributed by atoms with van der Waals surface area (Å²) in [6.07, 6.45) is 0. The van der Waals surface area contributed by atoms with Gasteiger partial charge in [0.15, 0.2) is 0 Å². The molecule has 1 aromatic carbocycles. The lowest BCUT2D eigenvalue weighted by molar-refractivity contribution is -0.255. The van der Waals surface area contributed by atoms with Gasteiger partial charge >= 0.3 is 0 Å². The van der Waals surface area contributed by atoms with E-state index in [2.05, 4.69) is 0 Å². The minimum atomic E-state index is -1.13. The fourth-order valence-electron chi connectivity index (χ4n) is 2.15. The molecule has 0 unspecified atom stereocenters. The van der Waals surface area contributed by atoms with Gasteiger partial charge in [-0.05, 0) is 38.5 Å². The van der Waals surface area contributed by atoms with Crippen molar-refractivity contribution in [1.29, 1.82) is 0 Å². The standard InChI is InChI=1S/C14H15NO2/c1-9-6-4-5-7-13(9)15-10(2)8-12(11(15)3)14(16)17/h4-8H,1-3H3,(H,16,17)/p-1. The fraction of sp³-hybridized carbons (Fsp3) is 0.214. The third-order valence-corrected chi connectivity index (χ3v) is 3.01. The topological polar surface area (TPSA) is 45.1 Å². The van der Waals surface area contributed by atoms with Crippen molar-refractivity contribution in [1.82, 2.24) is 4.57 Å². The highest BCUT2D eigenvalue weighted by atomic mass is 16.4. The largest absolute Gasteiger partial charge is 0.545 e. The predicted molar refractivity (Wildman–Crippen MR) is 64.3 cm³/mol. The minimum Gasteiger partial charge on any atom is -0.545 e. The smallest absolute Gasteiger partial charge is 0.0733 e. The van der Waals surface area contributed by atoms with Gasteiger partial charge < -0.3 is 14.5 Å². The summed E-state index contributed by atoms with van der Waals surface area (Å²) in [6.45, 7) is 5.70. The maximum atomic E-state index is 11.0. The number of carboxylic acid groups (broad SMARTS) is 1. The van der Waals surface area contributed by atoms with Crippen LogP contribution in [-0.2, 0) is 0 Å². The summed E-state index contributed by atoms with van der Waals surface area (Å²) in [5.41, 5.74) is 3.98. The molecule has 0 atom stereocenters. The monoisotopic (exact) mass is 228 g/mol. The molecule has 3 heteroatoms. The van der Waals surface area contributed by atoms with Crippen molar-refractivity contribution < 1.29 is 9.90 Å². The van der Waals surface area contributed by atoms with Gasteiger partial charge in [0.2, 0.25) is 0 Å². The summed E-state index contributed by atoms with van der Waals surface area (Å²) in [6, 6.07) is 9.55. The van der Waals surface area contributed by atoms with Crippen molar-refractivity contribution in [3.05, 3.63) is 52.8 Å². The Morgan fingerprint density at radius 2 is 1.82 bits per heavy atom. The Labute approximate surface area is 100 Å². The third-order valence-electron chi connectivity index (χ3n) is 3.01. The minimum absolute atomic E-state index is 0.255. The van der Waals surface area contributed by atoms with E-state index in [1.54, 1.807) is 13.0 Å². The van der Waals surface area contributed by atoms with Crippen LogP contribution in [-0.4, -0.2) is 10.5 Å². The van der Waals surface area contributed by atoms with E-state index in [9.17, 15) is 9.90 Å². The Hall–Kier alpha value is -2.03. The number of hydrogen-bond acceptors (Lipinski definition) is 2. The van der Waals surface area contributed by atoms with Crippen molar-refractivity contribution in [3.8, 4) is 5.69 Å². The lowest BCUT2D eigenvalue weighted by Gasteiger charge is -2.12. The van der Waals surface area contributed by atoms with Crippen LogP contribution < -0.4 is 5.11 Å². The van der Waals surface area contributed by atoms with Crippen LogP contribution in [0.25, 0.3) is 5.69 Å². The van der Waals surface area contributed by atoms with Crippen molar-refractivity contribution >= 4 is 5.97 Å². The van der Waals surface area contributed by atoms with Crippen LogP contribution in [0.1, 0.15) is 27.3 Å². The zero-order valence-electron chi connectivity index (χ0n) is 10.2. The Morgan fingerprint density at radius 1 is 1.18 bits per heavy atom. The zero-order chi connectivity index (χ0) is 12.6. The van der Waals surface area contributed by atoms with Gasteiger partial charge in [0, 0.05) is 22.6 Å². The number of hydrogen-bond donors (Lipinski definition) is 0. The fourth-order valence-corrected chi connectivity index (χ4v) is 2.15. The van der Waals surface area contributed by atoms with Crippen molar-refractivity contribution in [2.24, 2.45) is 0 Å². The van der Waals surface area contributed by atoms with E-state index in [1.807, 2.05) is 42.7 Å². The van der Waals surface area contributed by atoms with E-state index in [-0.39, 0.29) is 5.56 Å². The Balaban J connectivity index is 2.69. The summed E-state index contributed by atoms with van der Waals surface area (Å²) in [7, 11) is 0. The summed E-state index contributed by atoms with van der Waals surface area (Å²) in [5, 5.41) is 11.0. The molecular formula is C14H14NO2-. The molecule has 0 saturated carbocycles. The van der Waals surface area contributed by atoms with E-state index >= 15 is 0 Å². The highest BCUT2D eigenvalue weighted by Gasteiger charge is 2.12. The van der Waals surface area contributed by atoms with Gasteiger partial charge in [0.1, 0.15) is 0 Å². The number of para-hydroxylation sites is 1. The number of rotatable bonds is 2. The van der Waals surface area contributed by atoms with Crippen molar-refractivity contribution in [2.45, 2.75) is 20.8 Å². The molecule has 0 bridgehead atoms. The first-order valence-electron chi connectivity index (χ1n) is 5.48. The molecule has 0 spiro atoms. The SMILES string of the molecule is Cc1ccccc1-n1c(C)cc(C(=O)[O-])c1C. The average molecular weight is 228 g/mol. The van der Waals surface area contributed by atoms with Gasteiger partial charge in [-0.3, -0.25) is 0 Å². The molecule has 0 aliphatic rings. The molecule has 0 saturated heterocycles. The zero-order valence-corrected chi connectivity index (χ0v) is 10.2. The van der Waals surface area contributed by atoms with E-state index < -0.39 is 5.97 Å². The van der Waals surface area contributed by atoms with E-state index in [1.165, 1.54) is 0 Å². The van der Waals surface area contributed by atoms with Crippen LogP contribution in [0.15, 0.2) is 30.3 Å². The van der Waals surface area contributed by atoms with Crippen LogP contribution in [0, 0.1) is 20.8 Å². The molecule has 2 rings (SSSR count). The first-order valence-corrected chi connectivity index (χ1v) is 5.48. The number of carbonyl (C=O) groups is 1. The number of aromatic carboxylic acids is 1. The lowest BCUT2D eigenvalue weighted by Crippen LogP contribution is -2.22. The predicted octanol–water partition coefficient (Wildman–Crippen LogP) is 1.77. The van der Waals surface area contributed by atoms with E-state index in [4.69, 9.17) is 0 Å². The molecule has 0 fully saturated rings. The van der Waals surface area contributed by atoms with Crippen LogP contribution >= 0.6 is 0 Å². The van der Waals surface area contributed by atoms with Crippen LogP contribution in [0.3, 0.4) is 0 Å². The summed E-state index contributed by atoms with van der Waals surface area (Å²) in [5.74, 6) is -1.13. The van der Waals surface area contributed by atoms with E-state index in [0.717, 1.165) is 16.9 Å². The van der Waals surface area contributed by atoms with Gasteiger partial charge in [0.25, 0.3) is 0 Å². The molecule has 0 radical (unpaired) electrons. The second-order valence-corrected chi connectivity index (χ2v) is 4.19. The second-order valence-electron chi connectivity index (χ2n) is 4.19. The molecule has 17 heavy (non-hydrogen) atoms. The van der Waals surface area contributed by atoms with Crippen LogP contribution in [0.5, 0.6) is 0 Å². The number of carboxylic acids is 1. The Morgan fingerprint density at radius 3 is 2.35 bits per heavy atom. The van der Waals surface area contributed by atoms with Crippen LogP contribution in [0.4, 0.5) is 0 Å². The second kappa shape index (κ2) is 4.09. The molecule has 0 N–H and O–H groups in total. The molecule has 1 aromatic heterocycles. The van der Waals surface area contributed by atoms with Gasteiger partial charge in [-0.2, -0.15) is 0 Å². The molecule has 0 aliphatic heterocycles. The quantitative estimate of drug-likeness (QED) is 0.786. The molecule has 3 nitrogen and oxygen atoms in total. The highest BCUT2D eigenvalue weighted by molar-refractivity contribution is 5.88. The maximum absolute atomic E-state index is 11.0. The third kappa shape index (κ3) is 1.84. The molecule has 0 amide bonds. The lowest BCUT2D eigenvalue weighted by atomic mass is 10.2.